The summed E-state index contributed by atoms with van der Waals surface area (Å²) in [4.78, 5) is 27.0. The number of hydrogen-bond acceptors (Lipinski definition) is 4. The summed E-state index contributed by atoms with van der Waals surface area (Å²) < 4.78 is 0. The van der Waals surface area contributed by atoms with Crippen LogP contribution in [0.5, 0.6) is 0 Å². The van der Waals surface area contributed by atoms with E-state index in [1.165, 1.54) is 0 Å². The van der Waals surface area contributed by atoms with E-state index in [9.17, 15) is 9.59 Å². The Hall–Kier alpha value is -1.10. The zero-order chi connectivity index (χ0) is 12.9. The molecule has 0 bridgehead atoms. The van der Waals surface area contributed by atoms with Crippen molar-refractivity contribution < 1.29 is 14.4 Å². The van der Waals surface area contributed by atoms with Crippen LogP contribution in [0, 0.1) is 0 Å². The Balaban J connectivity index is 3.39. The maximum absolute atomic E-state index is 11.2. The predicted molar refractivity (Wildman–Crippen MR) is 65.9 cm³/mol. The molecule has 0 fully saturated rings. The molecule has 0 aliphatic heterocycles. The number of hydroxylamine groups is 1. The number of nitrogens with two attached hydrogens (primary N) is 1. The number of amides is 1. The van der Waals surface area contributed by atoms with Crippen molar-refractivity contribution >= 4 is 11.9 Å². The van der Waals surface area contributed by atoms with Crippen LogP contribution in [0.15, 0.2) is 0 Å². The Kier molecular flexibility index (Phi) is 10.7. The third-order valence-corrected chi connectivity index (χ3v) is 2.37. The summed E-state index contributed by atoms with van der Waals surface area (Å²) in [6.45, 7) is 2.71. The average Bonchev–Trinajstić information content (AvgIpc) is 2.32. The van der Waals surface area contributed by atoms with Gasteiger partial charge in [-0.15, -0.1) is 0 Å². The van der Waals surface area contributed by atoms with Crippen molar-refractivity contribution in [2.45, 2.75) is 58.3 Å². The monoisotopic (exact) mass is 244 g/mol. The molecule has 0 aliphatic rings. The molecule has 0 heterocycles. The summed E-state index contributed by atoms with van der Waals surface area (Å²) in [5, 5.41) is 0. The quantitative estimate of drug-likeness (QED) is 0.477. The van der Waals surface area contributed by atoms with E-state index in [1.54, 1.807) is 0 Å². The molecule has 5 nitrogen and oxygen atoms in total. The van der Waals surface area contributed by atoms with E-state index in [0.29, 0.717) is 19.4 Å². The molecule has 5 heteroatoms. The molecule has 0 unspecified atom stereocenters. The largest absolute Gasteiger partial charge is 0.341 e. The van der Waals surface area contributed by atoms with Crippen molar-refractivity contribution in [3.05, 3.63) is 0 Å². The van der Waals surface area contributed by atoms with E-state index < -0.39 is 0 Å². The van der Waals surface area contributed by atoms with Gasteiger partial charge in [-0.3, -0.25) is 4.79 Å². The molecule has 0 spiro atoms. The van der Waals surface area contributed by atoms with E-state index in [0.717, 1.165) is 38.5 Å². The highest BCUT2D eigenvalue weighted by Crippen LogP contribution is 2.01. The molecular weight excluding hydrogens is 220 g/mol. The van der Waals surface area contributed by atoms with Crippen LogP contribution in [0.3, 0.4) is 0 Å². The Morgan fingerprint density at radius 3 is 2.41 bits per heavy atom. The van der Waals surface area contributed by atoms with Gasteiger partial charge in [-0.2, -0.15) is 5.48 Å². The lowest BCUT2D eigenvalue weighted by atomic mass is 10.2. The minimum Gasteiger partial charge on any atom is -0.341 e. The summed E-state index contributed by atoms with van der Waals surface area (Å²) >= 11 is 0. The minimum atomic E-state index is -0.367. The van der Waals surface area contributed by atoms with E-state index in [4.69, 9.17) is 5.73 Å². The van der Waals surface area contributed by atoms with Gasteiger partial charge in [0.2, 0.25) is 0 Å². The molecule has 0 rings (SSSR count). The van der Waals surface area contributed by atoms with Crippen LogP contribution < -0.4 is 11.2 Å². The summed E-state index contributed by atoms with van der Waals surface area (Å²) in [6.07, 6.45) is 6.23. The molecule has 0 radical (unpaired) electrons. The average molecular weight is 244 g/mol. The molecule has 0 saturated heterocycles. The van der Waals surface area contributed by atoms with Gasteiger partial charge in [-0.05, 0) is 25.8 Å². The second kappa shape index (κ2) is 11.4. The minimum absolute atomic E-state index is 0.245. The van der Waals surface area contributed by atoms with Gasteiger partial charge in [0.15, 0.2) is 0 Å². The lowest BCUT2D eigenvalue weighted by molar-refractivity contribution is -0.158. The first-order valence-electron chi connectivity index (χ1n) is 6.39. The highest BCUT2D eigenvalue weighted by Gasteiger charge is 2.06. The molecule has 17 heavy (non-hydrogen) atoms. The SMILES string of the molecule is CCCCCC(=O)ONC(=O)CCCCCN. The molecule has 0 aromatic rings. The standard InChI is InChI=1S/C12H24N2O3/c1-2-3-5-9-12(16)17-14-11(15)8-6-4-7-10-13/h2-10,13H2,1H3,(H,14,15). The van der Waals surface area contributed by atoms with E-state index in [1.807, 2.05) is 0 Å². The fraction of sp³-hybridized carbons (Fsp3) is 0.833. The first-order valence-corrected chi connectivity index (χ1v) is 6.39. The van der Waals surface area contributed by atoms with Gasteiger partial charge in [0.05, 0.1) is 0 Å². The predicted octanol–water partition coefficient (Wildman–Crippen LogP) is 1.66. The first-order chi connectivity index (χ1) is 8.20. The van der Waals surface area contributed by atoms with Crippen LogP contribution in [-0.4, -0.2) is 18.4 Å². The van der Waals surface area contributed by atoms with Crippen LogP contribution in [-0.2, 0) is 14.4 Å². The Morgan fingerprint density at radius 1 is 1.06 bits per heavy atom. The van der Waals surface area contributed by atoms with Crippen LogP contribution in [0.25, 0.3) is 0 Å². The Labute approximate surface area is 103 Å². The zero-order valence-electron chi connectivity index (χ0n) is 10.7. The fourth-order valence-corrected chi connectivity index (χ4v) is 1.34. The van der Waals surface area contributed by atoms with Crippen molar-refractivity contribution in [3.63, 3.8) is 0 Å². The smallest absolute Gasteiger partial charge is 0.332 e. The normalized spacial score (nSPS) is 10.0. The van der Waals surface area contributed by atoms with Gasteiger partial charge in [0.25, 0.3) is 5.91 Å². The summed E-state index contributed by atoms with van der Waals surface area (Å²) in [7, 11) is 0. The van der Waals surface area contributed by atoms with Crippen LogP contribution in [0.4, 0.5) is 0 Å². The molecule has 0 aromatic heterocycles. The second-order valence-electron chi connectivity index (χ2n) is 4.06. The third-order valence-electron chi connectivity index (χ3n) is 2.37. The number of carbonyl (C=O) groups excluding carboxylic acids is 2. The van der Waals surface area contributed by atoms with Gasteiger partial charge in [-0.25, -0.2) is 4.79 Å². The lowest BCUT2D eigenvalue weighted by Crippen LogP contribution is -2.26. The third kappa shape index (κ3) is 11.2. The van der Waals surface area contributed by atoms with Gasteiger partial charge >= 0.3 is 5.97 Å². The number of rotatable bonds is 9. The Bertz CT molecular complexity index is 220. The van der Waals surface area contributed by atoms with Crippen molar-refractivity contribution in [1.29, 1.82) is 0 Å². The molecule has 100 valence electrons. The highest BCUT2D eigenvalue weighted by atomic mass is 16.7. The first kappa shape index (κ1) is 15.9. The van der Waals surface area contributed by atoms with Crippen molar-refractivity contribution in [1.82, 2.24) is 5.48 Å². The van der Waals surface area contributed by atoms with E-state index in [2.05, 4.69) is 17.2 Å². The molecule has 3 N–H and O–H groups in total. The molecule has 1 amide bonds. The van der Waals surface area contributed by atoms with E-state index in [-0.39, 0.29) is 11.9 Å². The highest BCUT2D eigenvalue weighted by molar-refractivity contribution is 5.77. The second-order valence-corrected chi connectivity index (χ2v) is 4.06. The number of hydrogen-bond donors (Lipinski definition) is 2. The maximum Gasteiger partial charge on any atom is 0.332 e. The number of nitrogens with one attached hydrogen (secondary N) is 1. The number of carbonyl (C=O) groups is 2. The van der Waals surface area contributed by atoms with Crippen molar-refractivity contribution in [2.24, 2.45) is 5.73 Å². The molecule has 0 aromatic carbocycles. The van der Waals surface area contributed by atoms with Gasteiger partial charge in [0.1, 0.15) is 0 Å². The molecule has 0 atom stereocenters. The van der Waals surface area contributed by atoms with Crippen LogP contribution >= 0.6 is 0 Å². The van der Waals surface area contributed by atoms with E-state index >= 15 is 0 Å². The summed E-state index contributed by atoms with van der Waals surface area (Å²) in [6, 6.07) is 0. The van der Waals surface area contributed by atoms with Crippen LogP contribution in [0.2, 0.25) is 0 Å². The van der Waals surface area contributed by atoms with Gasteiger partial charge in [0, 0.05) is 12.8 Å². The lowest BCUT2D eigenvalue weighted by Gasteiger charge is -2.05. The van der Waals surface area contributed by atoms with Crippen molar-refractivity contribution in [2.75, 3.05) is 6.54 Å². The van der Waals surface area contributed by atoms with Crippen molar-refractivity contribution in [3.8, 4) is 0 Å². The molecular formula is C12H24N2O3. The number of unbranched alkanes of at least 4 members (excludes halogenated alkanes) is 4. The van der Waals surface area contributed by atoms with Gasteiger partial charge in [-0.1, -0.05) is 26.2 Å². The molecule has 0 saturated carbocycles. The van der Waals surface area contributed by atoms with Gasteiger partial charge < -0.3 is 10.6 Å². The topological polar surface area (TPSA) is 81.4 Å². The summed E-state index contributed by atoms with van der Waals surface area (Å²) in [5.41, 5.74) is 7.50. The zero-order valence-corrected chi connectivity index (χ0v) is 10.7. The van der Waals surface area contributed by atoms with Crippen LogP contribution in [0.1, 0.15) is 58.3 Å². The maximum atomic E-state index is 11.2. The molecule has 0 aliphatic carbocycles. The summed E-state index contributed by atoms with van der Waals surface area (Å²) in [5.74, 6) is -0.611. The fourth-order valence-electron chi connectivity index (χ4n) is 1.34. The Morgan fingerprint density at radius 2 is 1.76 bits per heavy atom.